The molecular formula is C19H27NO4S. The van der Waals surface area contributed by atoms with E-state index in [2.05, 4.69) is 6.92 Å². The second-order valence-corrected chi connectivity index (χ2v) is 8.85. The van der Waals surface area contributed by atoms with Gasteiger partial charge in [0.2, 0.25) is 5.91 Å². The van der Waals surface area contributed by atoms with Gasteiger partial charge < -0.3 is 4.90 Å². The lowest BCUT2D eigenvalue weighted by Gasteiger charge is -2.28. The van der Waals surface area contributed by atoms with Gasteiger partial charge in [0.25, 0.3) is 0 Å². The van der Waals surface area contributed by atoms with E-state index in [9.17, 15) is 18.0 Å². The third-order valence-corrected chi connectivity index (χ3v) is 6.43. The van der Waals surface area contributed by atoms with Crippen molar-refractivity contribution in [1.29, 1.82) is 0 Å². The minimum Gasteiger partial charge on any atom is -0.339 e. The summed E-state index contributed by atoms with van der Waals surface area (Å²) in [5.41, 5.74) is 1.79. The molecule has 0 bridgehead atoms. The molecule has 1 saturated heterocycles. The van der Waals surface area contributed by atoms with Crippen molar-refractivity contribution in [2.24, 2.45) is 0 Å². The van der Waals surface area contributed by atoms with Crippen molar-refractivity contribution in [3.8, 4) is 0 Å². The van der Waals surface area contributed by atoms with E-state index in [1.165, 1.54) is 5.56 Å². The summed E-state index contributed by atoms with van der Waals surface area (Å²) in [6.45, 7) is 4.56. The predicted octanol–water partition coefficient (Wildman–Crippen LogP) is 2.64. The molecule has 0 radical (unpaired) electrons. The number of ketones is 1. The van der Waals surface area contributed by atoms with Crippen LogP contribution in [0.15, 0.2) is 24.3 Å². The molecule has 1 aromatic carbocycles. The number of rotatable bonds is 8. The van der Waals surface area contributed by atoms with Crippen molar-refractivity contribution in [1.82, 2.24) is 4.90 Å². The molecule has 25 heavy (non-hydrogen) atoms. The fourth-order valence-electron chi connectivity index (χ4n) is 3.21. The first kappa shape index (κ1) is 19.6. The van der Waals surface area contributed by atoms with E-state index < -0.39 is 9.84 Å². The third-order valence-electron chi connectivity index (χ3n) is 4.68. The molecule has 1 aliphatic rings. The van der Waals surface area contributed by atoms with Crippen LogP contribution in [0.2, 0.25) is 0 Å². The average Bonchev–Trinajstić information content (AvgIpc) is 2.96. The number of carbonyl (C=O) groups is 2. The summed E-state index contributed by atoms with van der Waals surface area (Å²) in [5, 5.41) is 0. The fraction of sp³-hybridized carbons (Fsp3) is 0.579. The quantitative estimate of drug-likeness (QED) is 0.664. The maximum Gasteiger partial charge on any atom is 0.223 e. The highest BCUT2D eigenvalue weighted by Gasteiger charge is 2.34. The van der Waals surface area contributed by atoms with Crippen molar-refractivity contribution in [2.45, 2.75) is 52.0 Å². The highest BCUT2D eigenvalue weighted by molar-refractivity contribution is 7.91. The van der Waals surface area contributed by atoms with Gasteiger partial charge in [0, 0.05) is 31.0 Å². The SMILES string of the molecule is CCCN(C(=O)CCC(=O)c1ccc(CC)cc1)C1CCS(=O)(=O)C1. The second-order valence-electron chi connectivity index (χ2n) is 6.62. The first-order valence-corrected chi connectivity index (χ1v) is 10.8. The van der Waals surface area contributed by atoms with Crippen LogP contribution in [0.4, 0.5) is 0 Å². The van der Waals surface area contributed by atoms with Crippen LogP contribution < -0.4 is 0 Å². The normalized spacial score (nSPS) is 18.9. The minimum absolute atomic E-state index is 0.0468. The van der Waals surface area contributed by atoms with Gasteiger partial charge in [0.1, 0.15) is 0 Å². The zero-order valence-corrected chi connectivity index (χ0v) is 15.8. The van der Waals surface area contributed by atoms with E-state index in [-0.39, 0.29) is 42.1 Å². The van der Waals surface area contributed by atoms with Crippen molar-refractivity contribution in [3.05, 3.63) is 35.4 Å². The lowest BCUT2D eigenvalue weighted by Crippen LogP contribution is -2.41. The molecule has 2 rings (SSSR count). The number of hydrogen-bond acceptors (Lipinski definition) is 4. The molecule has 0 N–H and O–H groups in total. The first-order valence-electron chi connectivity index (χ1n) is 8.98. The number of carbonyl (C=O) groups excluding carboxylic acids is 2. The molecule has 0 spiro atoms. The Kier molecular flexibility index (Phi) is 6.76. The maximum absolute atomic E-state index is 12.5. The van der Waals surface area contributed by atoms with Gasteiger partial charge in [-0.1, -0.05) is 38.1 Å². The molecule has 1 aliphatic heterocycles. The third kappa shape index (κ3) is 5.39. The molecule has 1 aromatic rings. The van der Waals surface area contributed by atoms with Gasteiger partial charge >= 0.3 is 0 Å². The van der Waals surface area contributed by atoms with Gasteiger partial charge in [-0.2, -0.15) is 0 Å². The van der Waals surface area contributed by atoms with E-state index in [0.717, 1.165) is 12.8 Å². The van der Waals surface area contributed by atoms with E-state index in [1.54, 1.807) is 17.0 Å². The number of nitrogens with zero attached hydrogens (tertiary/aromatic N) is 1. The Morgan fingerprint density at radius 3 is 2.32 bits per heavy atom. The molecule has 1 heterocycles. The van der Waals surface area contributed by atoms with Crippen LogP contribution in [-0.2, 0) is 21.1 Å². The average molecular weight is 365 g/mol. The molecule has 0 aromatic heterocycles. The van der Waals surface area contributed by atoms with Gasteiger partial charge in [-0.3, -0.25) is 9.59 Å². The molecule has 138 valence electrons. The molecule has 1 atom stereocenters. The minimum atomic E-state index is -3.03. The van der Waals surface area contributed by atoms with E-state index in [1.807, 2.05) is 19.1 Å². The highest BCUT2D eigenvalue weighted by atomic mass is 32.2. The van der Waals surface area contributed by atoms with Gasteiger partial charge in [-0.05, 0) is 24.8 Å². The largest absolute Gasteiger partial charge is 0.339 e. The van der Waals surface area contributed by atoms with Gasteiger partial charge in [0.15, 0.2) is 15.6 Å². The van der Waals surface area contributed by atoms with Gasteiger partial charge in [-0.15, -0.1) is 0 Å². The molecule has 0 saturated carbocycles. The van der Waals surface area contributed by atoms with Crippen molar-refractivity contribution in [3.63, 3.8) is 0 Å². The topological polar surface area (TPSA) is 71.5 Å². The molecular weight excluding hydrogens is 338 g/mol. The molecule has 6 heteroatoms. The van der Waals surface area contributed by atoms with Crippen molar-refractivity contribution < 1.29 is 18.0 Å². The Balaban J connectivity index is 1.94. The molecule has 5 nitrogen and oxygen atoms in total. The number of aryl methyl sites for hydroxylation is 1. The second kappa shape index (κ2) is 8.61. The number of sulfone groups is 1. The van der Waals surface area contributed by atoms with Crippen LogP contribution in [-0.4, -0.2) is 49.1 Å². The Morgan fingerprint density at radius 1 is 1.12 bits per heavy atom. The monoisotopic (exact) mass is 365 g/mol. The summed E-state index contributed by atoms with van der Waals surface area (Å²) >= 11 is 0. The predicted molar refractivity (Wildman–Crippen MR) is 98.4 cm³/mol. The molecule has 1 amide bonds. The van der Waals surface area contributed by atoms with Crippen LogP contribution in [0.5, 0.6) is 0 Å². The lowest BCUT2D eigenvalue weighted by molar-refractivity contribution is -0.133. The summed E-state index contributed by atoms with van der Waals surface area (Å²) in [7, 11) is -3.03. The van der Waals surface area contributed by atoms with E-state index in [4.69, 9.17) is 0 Å². The zero-order valence-electron chi connectivity index (χ0n) is 15.0. The van der Waals surface area contributed by atoms with Gasteiger partial charge in [0.05, 0.1) is 11.5 Å². The highest BCUT2D eigenvalue weighted by Crippen LogP contribution is 2.20. The van der Waals surface area contributed by atoms with E-state index in [0.29, 0.717) is 18.5 Å². The number of hydrogen-bond donors (Lipinski definition) is 0. The molecule has 0 aliphatic carbocycles. The van der Waals surface area contributed by atoms with Crippen LogP contribution in [0.1, 0.15) is 55.5 Å². The van der Waals surface area contributed by atoms with Crippen LogP contribution >= 0.6 is 0 Å². The maximum atomic E-state index is 12.5. The Hall–Kier alpha value is -1.69. The van der Waals surface area contributed by atoms with Gasteiger partial charge in [-0.25, -0.2) is 8.42 Å². The summed E-state index contributed by atoms with van der Waals surface area (Å²) < 4.78 is 23.4. The standard InChI is InChI=1S/C19H27NO4S/c1-3-12-20(17-11-13-25(23,24)14-17)19(22)10-9-18(21)16-7-5-15(4-2)6-8-16/h5-8,17H,3-4,9-14H2,1-2H3. The fourth-order valence-corrected chi connectivity index (χ4v) is 4.94. The summed E-state index contributed by atoms with van der Waals surface area (Å²) in [4.78, 5) is 26.5. The summed E-state index contributed by atoms with van der Waals surface area (Å²) in [6, 6.07) is 7.23. The van der Waals surface area contributed by atoms with E-state index >= 15 is 0 Å². The number of benzene rings is 1. The Bertz CT molecular complexity index is 709. The molecule has 1 unspecified atom stereocenters. The van der Waals surface area contributed by atoms with Crippen LogP contribution in [0, 0.1) is 0 Å². The number of amides is 1. The van der Waals surface area contributed by atoms with Crippen molar-refractivity contribution >= 4 is 21.5 Å². The van der Waals surface area contributed by atoms with Crippen LogP contribution in [0.3, 0.4) is 0 Å². The number of Topliss-reactive ketones (excluding diaryl/α,β-unsaturated/α-hetero) is 1. The Morgan fingerprint density at radius 2 is 1.80 bits per heavy atom. The summed E-state index contributed by atoms with van der Waals surface area (Å²) in [5.74, 6) is 0.0212. The molecule has 1 fully saturated rings. The van der Waals surface area contributed by atoms with Crippen LogP contribution in [0.25, 0.3) is 0 Å². The summed E-state index contributed by atoms with van der Waals surface area (Å²) in [6.07, 6.45) is 2.48. The zero-order chi connectivity index (χ0) is 18.4. The Labute approximate surface area is 150 Å². The van der Waals surface area contributed by atoms with Crippen molar-refractivity contribution in [2.75, 3.05) is 18.1 Å². The first-order chi connectivity index (χ1) is 11.9. The smallest absolute Gasteiger partial charge is 0.223 e. The lowest BCUT2D eigenvalue weighted by atomic mass is 10.0.